The molecular formula is C26H23N3O. The molecule has 0 amide bonds. The summed E-state index contributed by atoms with van der Waals surface area (Å²) in [5.41, 5.74) is 5.61. The quantitative estimate of drug-likeness (QED) is 0.377. The Hall–Kier alpha value is -3.84. The highest BCUT2D eigenvalue weighted by Gasteiger charge is 2.14. The van der Waals surface area contributed by atoms with Gasteiger partial charge in [-0.05, 0) is 43.7 Å². The molecule has 0 saturated heterocycles. The zero-order valence-corrected chi connectivity index (χ0v) is 17.2. The van der Waals surface area contributed by atoms with Gasteiger partial charge in [-0.2, -0.15) is 5.26 Å². The zero-order valence-electron chi connectivity index (χ0n) is 17.2. The lowest BCUT2D eigenvalue weighted by atomic mass is 10.1. The number of hydrogen-bond donors (Lipinski definition) is 0. The van der Waals surface area contributed by atoms with Crippen LogP contribution in [0.1, 0.15) is 29.4 Å². The zero-order chi connectivity index (χ0) is 20.9. The number of allylic oxidation sites excluding steroid dienone is 1. The molecule has 0 atom stereocenters. The molecule has 0 saturated carbocycles. The fraction of sp³-hybridized carbons (Fsp3) is 0.154. The maximum atomic E-state index is 9.90. The van der Waals surface area contributed by atoms with E-state index >= 15 is 0 Å². The number of nitriles is 1. The molecule has 0 radical (unpaired) electrons. The lowest BCUT2D eigenvalue weighted by Crippen LogP contribution is -2.01. The van der Waals surface area contributed by atoms with E-state index in [2.05, 4.69) is 48.7 Å². The number of nitrogens with zero attached hydrogens (tertiary/aromatic N) is 3. The van der Waals surface area contributed by atoms with E-state index in [0.29, 0.717) is 18.0 Å². The molecule has 0 unspecified atom stereocenters. The topological polar surface area (TPSA) is 50.8 Å². The van der Waals surface area contributed by atoms with E-state index in [1.807, 2.05) is 54.6 Å². The molecule has 1 aromatic heterocycles. The van der Waals surface area contributed by atoms with Gasteiger partial charge in [-0.25, -0.2) is 4.98 Å². The molecule has 0 bridgehead atoms. The normalized spacial score (nSPS) is 11.4. The summed E-state index contributed by atoms with van der Waals surface area (Å²) in [5, 5.41) is 9.90. The smallest absolute Gasteiger partial charge is 0.151 e. The Balaban J connectivity index is 1.68. The van der Waals surface area contributed by atoms with Crippen LogP contribution in [0, 0.1) is 18.3 Å². The van der Waals surface area contributed by atoms with Gasteiger partial charge < -0.3 is 9.30 Å². The lowest BCUT2D eigenvalue weighted by Gasteiger charge is -2.10. The van der Waals surface area contributed by atoms with Crippen molar-refractivity contribution < 1.29 is 4.74 Å². The summed E-state index contributed by atoms with van der Waals surface area (Å²) in [4.78, 5) is 4.71. The second-order valence-corrected chi connectivity index (χ2v) is 7.15. The van der Waals surface area contributed by atoms with Crippen LogP contribution in [-0.2, 0) is 13.2 Å². The maximum absolute atomic E-state index is 9.90. The molecule has 1 heterocycles. The Bertz CT molecular complexity index is 1240. The van der Waals surface area contributed by atoms with Gasteiger partial charge in [0.2, 0.25) is 0 Å². The number of para-hydroxylation sites is 3. The fourth-order valence-electron chi connectivity index (χ4n) is 3.48. The summed E-state index contributed by atoms with van der Waals surface area (Å²) in [6.07, 6.45) is 1.86. The third kappa shape index (κ3) is 3.97. The highest BCUT2D eigenvalue weighted by molar-refractivity contribution is 5.91. The first-order chi connectivity index (χ1) is 14.7. The predicted molar refractivity (Wildman–Crippen MR) is 121 cm³/mol. The summed E-state index contributed by atoms with van der Waals surface area (Å²) < 4.78 is 8.15. The Morgan fingerprint density at radius 1 is 1.03 bits per heavy atom. The van der Waals surface area contributed by atoms with Crippen molar-refractivity contribution in [3.8, 4) is 11.8 Å². The summed E-state index contributed by atoms with van der Waals surface area (Å²) >= 11 is 0. The van der Waals surface area contributed by atoms with Gasteiger partial charge in [0, 0.05) is 12.1 Å². The van der Waals surface area contributed by atoms with Gasteiger partial charge in [-0.15, -0.1) is 0 Å². The number of aromatic nitrogens is 2. The molecule has 4 rings (SSSR count). The van der Waals surface area contributed by atoms with Crippen LogP contribution in [0.5, 0.6) is 5.75 Å². The molecule has 0 aliphatic rings. The Labute approximate surface area is 176 Å². The molecule has 30 heavy (non-hydrogen) atoms. The third-order valence-electron chi connectivity index (χ3n) is 5.07. The number of benzene rings is 3. The van der Waals surface area contributed by atoms with E-state index in [9.17, 15) is 5.26 Å². The standard InChI is InChI=1S/C26H23N3O/c1-3-29-24-10-6-5-9-23(24)28-26(29)22(17-27)16-21-8-4-7-11-25(21)30-18-20-14-12-19(2)13-15-20/h4-16H,3,18H2,1-2H3/b22-16-. The van der Waals surface area contributed by atoms with Crippen molar-refractivity contribution in [3.63, 3.8) is 0 Å². The second-order valence-electron chi connectivity index (χ2n) is 7.15. The molecule has 4 heteroatoms. The molecule has 0 N–H and O–H groups in total. The molecule has 148 valence electrons. The summed E-state index contributed by atoms with van der Waals surface area (Å²) in [5.74, 6) is 1.42. The van der Waals surface area contributed by atoms with Crippen LogP contribution in [0.4, 0.5) is 0 Å². The monoisotopic (exact) mass is 393 g/mol. The predicted octanol–water partition coefficient (Wildman–Crippen LogP) is 6.01. The highest BCUT2D eigenvalue weighted by atomic mass is 16.5. The first kappa shape index (κ1) is 19.5. The molecular weight excluding hydrogens is 370 g/mol. The molecule has 4 nitrogen and oxygen atoms in total. The summed E-state index contributed by atoms with van der Waals surface area (Å²) in [6, 6.07) is 26.3. The number of fused-ring (bicyclic) bond motifs is 1. The number of hydrogen-bond acceptors (Lipinski definition) is 3. The lowest BCUT2D eigenvalue weighted by molar-refractivity contribution is 0.305. The first-order valence-corrected chi connectivity index (χ1v) is 10.0. The van der Waals surface area contributed by atoms with Crippen molar-refractivity contribution in [2.75, 3.05) is 0 Å². The maximum Gasteiger partial charge on any atom is 0.151 e. The minimum absolute atomic E-state index is 0.473. The van der Waals surface area contributed by atoms with Crippen LogP contribution >= 0.6 is 0 Å². The van der Waals surface area contributed by atoms with Crippen LogP contribution in [0.2, 0.25) is 0 Å². The number of imidazole rings is 1. The van der Waals surface area contributed by atoms with Gasteiger partial charge in [0.25, 0.3) is 0 Å². The van der Waals surface area contributed by atoms with E-state index in [1.54, 1.807) is 0 Å². The fourth-order valence-corrected chi connectivity index (χ4v) is 3.48. The van der Waals surface area contributed by atoms with Crippen molar-refractivity contribution in [2.24, 2.45) is 0 Å². The van der Waals surface area contributed by atoms with E-state index in [4.69, 9.17) is 9.72 Å². The van der Waals surface area contributed by atoms with Crippen molar-refractivity contribution in [1.29, 1.82) is 5.26 Å². The van der Waals surface area contributed by atoms with Crippen LogP contribution in [-0.4, -0.2) is 9.55 Å². The van der Waals surface area contributed by atoms with E-state index in [-0.39, 0.29) is 0 Å². The molecule has 0 fully saturated rings. The van der Waals surface area contributed by atoms with Gasteiger partial charge in [0.05, 0.1) is 16.6 Å². The van der Waals surface area contributed by atoms with E-state index < -0.39 is 0 Å². The van der Waals surface area contributed by atoms with Gasteiger partial charge in [-0.1, -0.05) is 60.2 Å². The number of aryl methyl sites for hydroxylation is 2. The van der Waals surface area contributed by atoms with Crippen LogP contribution in [0.15, 0.2) is 72.8 Å². The van der Waals surface area contributed by atoms with Crippen LogP contribution in [0.3, 0.4) is 0 Å². The average Bonchev–Trinajstić information content (AvgIpc) is 3.16. The highest BCUT2D eigenvalue weighted by Crippen LogP contribution is 2.27. The van der Waals surface area contributed by atoms with Crippen molar-refractivity contribution >= 4 is 22.7 Å². The van der Waals surface area contributed by atoms with Crippen LogP contribution < -0.4 is 4.74 Å². The summed E-state index contributed by atoms with van der Waals surface area (Å²) in [6.45, 7) is 5.34. The number of rotatable bonds is 6. The largest absolute Gasteiger partial charge is 0.488 e. The van der Waals surface area contributed by atoms with Crippen molar-refractivity contribution in [2.45, 2.75) is 27.0 Å². The molecule has 3 aromatic carbocycles. The average molecular weight is 393 g/mol. The van der Waals surface area contributed by atoms with Crippen molar-refractivity contribution in [1.82, 2.24) is 9.55 Å². The molecule has 0 aliphatic heterocycles. The Morgan fingerprint density at radius 3 is 2.53 bits per heavy atom. The Morgan fingerprint density at radius 2 is 1.77 bits per heavy atom. The van der Waals surface area contributed by atoms with Gasteiger partial charge >= 0.3 is 0 Å². The van der Waals surface area contributed by atoms with Gasteiger partial charge in [-0.3, -0.25) is 0 Å². The molecule has 0 spiro atoms. The van der Waals surface area contributed by atoms with Crippen molar-refractivity contribution in [3.05, 3.63) is 95.3 Å². The minimum Gasteiger partial charge on any atom is -0.488 e. The van der Waals surface area contributed by atoms with E-state index in [0.717, 1.165) is 34.5 Å². The van der Waals surface area contributed by atoms with Crippen LogP contribution in [0.25, 0.3) is 22.7 Å². The number of ether oxygens (including phenoxy) is 1. The van der Waals surface area contributed by atoms with Gasteiger partial charge in [0.1, 0.15) is 18.4 Å². The Kier molecular flexibility index (Phi) is 5.63. The van der Waals surface area contributed by atoms with Gasteiger partial charge in [0.15, 0.2) is 5.82 Å². The van der Waals surface area contributed by atoms with E-state index in [1.165, 1.54) is 5.56 Å². The second kappa shape index (κ2) is 8.67. The SMILES string of the molecule is CCn1c(/C(C#N)=C\c2ccccc2OCc2ccc(C)cc2)nc2ccccc21. The first-order valence-electron chi connectivity index (χ1n) is 10.0. The third-order valence-corrected chi connectivity index (χ3v) is 5.07. The molecule has 4 aromatic rings. The summed E-state index contributed by atoms with van der Waals surface area (Å²) in [7, 11) is 0. The minimum atomic E-state index is 0.473. The molecule has 0 aliphatic carbocycles.